The maximum Gasteiger partial charge on any atom is 0.0762 e. The van der Waals surface area contributed by atoms with Crippen molar-refractivity contribution in [2.24, 2.45) is 0 Å². The highest BCUT2D eigenvalue weighted by Gasteiger charge is 2.23. The van der Waals surface area contributed by atoms with E-state index in [0.717, 1.165) is 16.3 Å². The maximum absolute atomic E-state index is 9.47. The van der Waals surface area contributed by atoms with E-state index in [1.165, 1.54) is 19.3 Å². The molecule has 88 valence electrons. The fourth-order valence-electron chi connectivity index (χ4n) is 2.04. The summed E-state index contributed by atoms with van der Waals surface area (Å²) in [7, 11) is 2.09. The second kappa shape index (κ2) is 4.64. The number of anilines is 1. The van der Waals surface area contributed by atoms with Crippen LogP contribution < -0.4 is 4.90 Å². The minimum Gasteiger partial charge on any atom is -0.389 e. The number of aliphatic hydroxyl groups is 1. The standard InChI is InChI=1S/C13H18ClNO/c1-9(16)10-6-7-13(12(14)8-10)15(2)11-4-3-5-11/h6-9,11,16H,3-5H2,1-2H3/t9-/m1/s1. The molecule has 2 rings (SSSR count). The van der Waals surface area contributed by atoms with E-state index in [2.05, 4.69) is 11.9 Å². The molecule has 0 unspecified atom stereocenters. The van der Waals surface area contributed by atoms with Gasteiger partial charge in [0.25, 0.3) is 0 Å². The summed E-state index contributed by atoms with van der Waals surface area (Å²) >= 11 is 6.24. The third kappa shape index (κ3) is 2.18. The van der Waals surface area contributed by atoms with Gasteiger partial charge in [-0.25, -0.2) is 0 Å². The van der Waals surface area contributed by atoms with Crippen LogP contribution in [0.3, 0.4) is 0 Å². The van der Waals surface area contributed by atoms with Crippen LogP contribution in [0.1, 0.15) is 37.9 Å². The van der Waals surface area contributed by atoms with Crippen molar-refractivity contribution in [1.82, 2.24) is 0 Å². The summed E-state index contributed by atoms with van der Waals surface area (Å²) in [4.78, 5) is 2.25. The lowest BCUT2D eigenvalue weighted by Crippen LogP contribution is -2.37. The fourth-order valence-corrected chi connectivity index (χ4v) is 2.36. The maximum atomic E-state index is 9.47. The van der Waals surface area contributed by atoms with Crippen molar-refractivity contribution in [3.05, 3.63) is 28.8 Å². The van der Waals surface area contributed by atoms with Crippen LogP contribution in [-0.4, -0.2) is 18.2 Å². The molecule has 0 amide bonds. The Morgan fingerprint density at radius 1 is 1.44 bits per heavy atom. The monoisotopic (exact) mass is 239 g/mol. The molecule has 1 fully saturated rings. The van der Waals surface area contributed by atoms with Gasteiger partial charge in [-0.05, 0) is 43.9 Å². The second-order valence-corrected chi connectivity index (χ2v) is 4.99. The predicted molar refractivity (Wildman–Crippen MR) is 68.1 cm³/mol. The van der Waals surface area contributed by atoms with E-state index >= 15 is 0 Å². The van der Waals surface area contributed by atoms with E-state index in [4.69, 9.17) is 11.6 Å². The van der Waals surface area contributed by atoms with Gasteiger partial charge in [0, 0.05) is 13.1 Å². The van der Waals surface area contributed by atoms with Crippen molar-refractivity contribution < 1.29 is 5.11 Å². The molecule has 1 atom stereocenters. The van der Waals surface area contributed by atoms with Crippen LogP contribution in [0.25, 0.3) is 0 Å². The van der Waals surface area contributed by atoms with Crippen molar-refractivity contribution in [3.8, 4) is 0 Å². The van der Waals surface area contributed by atoms with E-state index in [9.17, 15) is 5.11 Å². The topological polar surface area (TPSA) is 23.5 Å². The third-order valence-corrected chi connectivity index (χ3v) is 3.76. The van der Waals surface area contributed by atoms with E-state index in [1.54, 1.807) is 6.92 Å². The molecule has 1 N–H and O–H groups in total. The van der Waals surface area contributed by atoms with Crippen LogP contribution in [0.2, 0.25) is 5.02 Å². The van der Waals surface area contributed by atoms with Crippen LogP contribution in [0.15, 0.2) is 18.2 Å². The van der Waals surface area contributed by atoms with Gasteiger partial charge in [0.15, 0.2) is 0 Å². The predicted octanol–water partition coefficient (Wildman–Crippen LogP) is 3.38. The summed E-state index contributed by atoms with van der Waals surface area (Å²) in [5.74, 6) is 0. The van der Waals surface area contributed by atoms with Crippen molar-refractivity contribution in [2.45, 2.75) is 38.3 Å². The van der Waals surface area contributed by atoms with E-state index in [1.807, 2.05) is 18.2 Å². The molecule has 1 aliphatic rings. The fraction of sp³-hybridized carbons (Fsp3) is 0.538. The third-order valence-electron chi connectivity index (χ3n) is 3.46. The first-order valence-corrected chi connectivity index (χ1v) is 6.17. The van der Waals surface area contributed by atoms with Gasteiger partial charge in [-0.15, -0.1) is 0 Å². The molecule has 0 heterocycles. The average molecular weight is 240 g/mol. The van der Waals surface area contributed by atoms with Gasteiger partial charge in [-0.1, -0.05) is 17.7 Å². The van der Waals surface area contributed by atoms with Gasteiger partial charge in [-0.3, -0.25) is 0 Å². The average Bonchev–Trinajstić information content (AvgIpc) is 2.14. The molecule has 0 bridgehead atoms. The molecule has 1 saturated carbocycles. The van der Waals surface area contributed by atoms with Crippen LogP contribution in [-0.2, 0) is 0 Å². The summed E-state index contributed by atoms with van der Waals surface area (Å²) in [5, 5.41) is 10.2. The number of halogens is 1. The molecule has 0 spiro atoms. The number of benzene rings is 1. The molecule has 3 heteroatoms. The lowest BCUT2D eigenvalue weighted by molar-refractivity contribution is 0.199. The Bertz CT molecular complexity index is 374. The molecule has 1 aromatic rings. The normalized spacial score (nSPS) is 18.0. The Kier molecular flexibility index (Phi) is 3.41. The number of rotatable bonds is 3. The lowest BCUT2D eigenvalue weighted by atomic mass is 9.91. The summed E-state index contributed by atoms with van der Waals surface area (Å²) in [6, 6.07) is 6.44. The number of hydrogen-bond donors (Lipinski definition) is 1. The Hall–Kier alpha value is -0.730. The molecule has 0 radical (unpaired) electrons. The Morgan fingerprint density at radius 3 is 2.56 bits per heavy atom. The first-order valence-electron chi connectivity index (χ1n) is 5.80. The minimum atomic E-state index is -0.458. The Balaban J connectivity index is 2.21. The summed E-state index contributed by atoms with van der Waals surface area (Å²) < 4.78 is 0. The number of hydrogen-bond acceptors (Lipinski definition) is 2. The minimum absolute atomic E-state index is 0.458. The molecular formula is C13H18ClNO. The van der Waals surface area contributed by atoms with Crippen LogP contribution >= 0.6 is 11.6 Å². The Labute approximate surface area is 102 Å². The van der Waals surface area contributed by atoms with E-state index < -0.39 is 6.10 Å². The molecular weight excluding hydrogens is 222 g/mol. The van der Waals surface area contributed by atoms with E-state index in [0.29, 0.717) is 6.04 Å². The summed E-state index contributed by atoms with van der Waals surface area (Å²) in [6.07, 6.45) is 3.37. The zero-order chi connectivity index (χ0) is 11.7. The van der Waals surface area contributed by atoms with Gasteiger partial charge in [0.2, 0.25) is 0 Å². The van der Waals surface area contributed by atoms with Crippen LogP contribution in [0, 0.1) is 0 Å². The highest BCUT2D eigenvalue weighted by Crippen LogP contribution is 2.34. The Morgan fingerprint density at radius 2 is 2.12 bits per heavy atom. The van der Waals surface area contributed by atoms with Gasteiger partial charge in [0.05, 0.1) is 16.8 Å². The zero-order valence-electron chi connectivity index (χ0n) is 9.78. The first-order chi connectivity index (χ1) is 7.59. The van der Waals surface area contributed by atoms with Gasteiger partial charge < -0.3 is 10.0 Å². The first kappa shape index (κ1) is 11.7. The van der Waals surface area contributed by atoms with Gasteiger partial charge >= 0.3 is 0 Å². The molecule has 0 aromatic heterocycles. The second-order valence-electron chi connectivity index (χ2n) is 4.58. The van der Waals surface area contributed by atoms with Crippen molar-refractivity contribution >= 4 is 17.3 Å². The summed E-state index contributed by atoms with van der Waals surface area (Å²) in [5.41, 5.74) is 1.94. The quantitative estimate of drug-likeness (QED) is 0.874. The van der Waals surface area contributed by atoms with Crippen molar-refractivity contribution in [2.75, 3.05) is 11.9 Å². The van der Waals surface area contributed by atoms with Crippen molar-refractivity contribution in [3.63, 3.8) is 0 Å². The highest BCUT2D eigenvalue weighted by molar-refractivity contribution is 6.33. The number of nitrogens with zero attached hydrogens (tertiary/aromatic N) is 1. The highest BCUT2D eigenvalue weighted by atomic mass is 35.5. The SMILES string of the molecule is C[C@@H](O)c1ccc(N(C)C2CCC2)c(Cl)c1. The summed E-state index contributed by atoms with van der Waals surface area (Å²) in [6.45, 7) is 1.75. The van der Waals surface area contributed by atoms with Crippen molar-refractivity contribution in [1.29, 1.82) is 0 Å². The molecule has 0 saturated heterocycles. The largest absolute Gasteiger partial charge is 0.389 e. The molecule has 0 aliphatic heterocycles. The molecule has 1 aliphatic carbocycles. The smallest absolute Gasteiger partial charge is 0.0762 e. The number of aliphatic hydroxyl groups excluding tert-OH is 1. The van der Waals surface area contributed by atoms with E-state index in [-0.39, 0.29) is 0 Å². The molecule has 2 nitrogen and oxygen atoms in total. The van der Waals surface area contributed by atoms with Crippen LogP contribution in [0.5, 0.6) is 0 Å². The molecule has 16 heavy (non-hydrogen) atoms. The van der Waals surface area contributed by atoms with Gasteiger partial charge in [-0.2, -0.15) is 0 Å². The molecule has 1 aromatic carbocycles. The lowest BCUT2D eigenvalue weighted by Gasteiger charge is -2.37. The zero-order valence-corrected chi connectivity index (χ0v) is 10.5. The van der Waals surface area contributed by atoms with Gasteiger partial charge in [0.1, 0.15) is 0 Å². The van der Waals surface area contributed by atoms with Crippen LogP contribution in [0.4, 0.5) is 5.69 Å².